The average molecular weight is 292 g/mol. The first-order valence-electron chi connectivity index (χ1n) is 7.25. The summed E-state index contributed by atoms with van der Waals surface area (Å²) in [6.07, 6.45) is 0.745. The molecule has 0 aromatic heterocycles. The lowest BCUT2D eigenvalue weighted by molar-refractivity contribution is 0.00947. The van der Waals surface area contributed by atoms with Crippen molar-refractivity contribution in [3.63, 3.8) is 0 Å². The minimum Gasteiger partial charge on any atom is -0.491 e. The number of para-hydroxylation sites is 1. The fourth-order valence-corrected chi connectivity index (χ4v) is 2.58. The van der Waals surface area contributed by atoms with Gasteiger partial charge in [-0.1, -0.05) is 18.2 Å². The van der Waals surface area contributed by atoms with E-state index in [2.05, 4.69) is 10.6 Å². The van der Waals surface area contributed by atoms with Crippen molar-refractivity contribution in [2.24, 2.45) is 0 Å². The summed E-state index contributed by atoms with van der Waals surface area (Å²) in [5.41, 5.74) is 0.771. The van der Waals surface area contributed by atoms with Crippen LogP contribution in [0, 0.1) is 0 Å². The van der Waals surface area contributed by atoms with Gasteiger partial charge < -0.3 is 20.1 Å². The molecule has 1 aliphatic heterocycles. The predicted molar refractivity (Wildman–Crippen MR) is 81.5 cm³/mol. The first-order valence-corrected chi connectivity index (χ1v) is 7.25. The van der Waals surface area contributed by atoms with Gasteiger partial charge in [-0.3, -0.25) is 0 Å². The van der Waals surface area contributed by atoms with Crippen LogP contribution in [0.3, 0.4) is 0 Å². The Bertz CT molecular complexity index is 502. The maximum Gasteiger partial charge on any atom is 0.315 e. The molecule has 0 spiro atoms. The quantitative estimate of drug-likeness (QED) is 0.877. The van der Waals surface area contributed by atoms with Crippen LogP contribution in [-0.2, 0) is 4.74 Å². The molecule has 0 bridgehead atoms. The smallest absolute Gasteiger partial charge is 0.315 e. The minimum absolute atomic E-state index is 0.0255. The topological polar surface area (TPSA) is 59.6 Å². The summed E-state index contributed by atoms with van der Waals surface area (Å²) in [6.45, 7) is 6.46. The summed E-state index contributed by atoms with van der Waals surface area (Å²) in [5.74, 6) is 0.844. The number of ether oxygens (including phenoxy) is 2. The second-order valence-electron chi connectivity index (χ2n) is 6.09. The average Bonchev–Trinajstić information content (AvgIpc) is 2.81. The van der Waals surface area contributed by atoms with E-state index in [1.807, 2.05) is 45.0 Å². The molecule has 2 N–H and O–H groups in total. The van der Waals surface area contributed by atoms with Gasteiger partial charge in [-0.2, -0.15) is 0 Å². The number of benzene rings is 1. The molecule has 1 aromatic carbocycles. The number of amides is 2. The normalized spacial score (nSPS) is 18.6. The van der Waals surface area contributed by atoms with Gasteiger partial charge in [0.05, 0.1) is 11.6 Å². The Morgan fingerprint density at radius 3 is 2.90 bits per heavy atom. The second-order valence-corrected chi connectivity index (χ2v) is 6.09. The van der Waals surface area contributed by atoms with Crippen LogP contribution in [0.5, 0.6) is 5.75 Å². The van der Waals surface area contributed by atoms with Crippen LogP contribution in [0.25, 0.3) is 0 Å². The lowest BCUT2D eigenvalue weighted by Crippen LogP contribution is -2.45. The van der Waals surface area contributed by atoms with Crippen LogP contribution in [0.15, 0.2) is 24.3 Å². The summed E-state index contributed by atoms with van der Waals surface area (Å²) >= 11 is 0. The van der Waals surface area contributed by atoms with Gasteiger partial charge in [-0.25, -0.2) is 4.79 Å². The standard InChI is InChI=1S/C16H24N2O3/c1-11(9-16(2,3)20-4)17-15(19)18-13-10-21-14-8-6-5-7-12(13)14/h5-8,11,13H,9-10H2,1-4H3,(H2,17,18,19)/t11-,13+/m1/s1. The molecule has 2 rings (SSSR count). The Balaban J connectivity index is 1.86. The molecular formula is C16H24N2O3. The van der Waals surface area contributed by atoms with Gasteiger partial charge >= 0.3 is 6.03 Å². The molecule has 0 saturated carbocycles. The van der Waals surface area contributed by atoms with E-state index in [-0.39, 0.29) is 23.7 Å². The van der Waals surface area contributed by atoms with E-state index in [9.17, 15) is 4.79 Å². The molecule has 0 unspecified atom stereocenters. The van der Waals surface area contributed by atoms with Crippen molar-refractivity contribution in [1.29, 1.82) is 0 Å². The van der Waals surface area contributed by atoms with Gasteiger partial charge in [0.2, 0.25) is 0 Å². The van der Waals surface area contributed by atoms with E-state index < -0.39 is 0 Å². The zero-order chi connectivity index (χ0) is 15.5. The minimum atomic E-state index is -0.254. The zero-order valence-corrected chi connectivity index (χ0v) is 13.1. The van der Waals surface area contributed by atoms with Gasteiger partial charge in [-0.05, 0) is 33.3 Å². The molecule has 0 aliphatic carbocycles. The van der Waals surface area contributed by atoms with E-state index in [0.717, 1.165) is 17.7 Å². The summed E-state index contributed by atoms with van der Waals surface area (Å²) in [5, 5.41) is 5.90. The van der Waals surface area contributed by atoms with Gasteiger partial charge in [0.15, 0.2) is 0 Å². The number of methoxy groups -OCH3 is 1. The van der Waals surface area contributed by atoms with Crippen molar-refractivity contribution in [2.45, 2.75) is 44.9 Å². The highest BCUT2D eigenvalue weighted by molar-refractivity contribution is 5.75. The fourth-order valence-electron chi connectivity index (χ4n) is 2.58. The predicted octanol–water partition coefficient (Wildman–Crippen LogP) is 2.62. The maximum atomic E-state index is 12.1. The monoisotopic (exact) mass is 292 g/mol. The Hall–Kier alpha value is -1.75. The van der Waals surface area contributed by atoms with Crippen LogP contribution >= 0.6 is 0 Å². The van der Waals surface area contributed by atoms with Crippen molar-refractivity contribution in [1.82, 2.24) is 10.6 Å². The summed E-state index contributed by atoms with van der Waals surface area (Å²) in [7, 11) is 1.68. The number of carbonyl (C=O) groups is 1. The van der Waals surface area contributed by atoms with Crippen molar-refractivity contribution in [2.75, 3.05) is 13.7 Å². The number of fused-ring (bicyclic) bond motifs is 1. The van der Waals surface area contributed by atoms with Crippen LogP contribution in [0.1, 0.15) is 38.8 Å². The number of carbonyl (C=O) groups excluding carboxylic acids is 1. The molecule has 5 heteroatoms. The number of hydrogen-bond donors (Lipinski definition) is 2. The molecule has 1 heterocycles. The van der Waals surface area contributed by atoms with Gasteiger partial charge in [0, 0.05) is 18.7 Å². The Labute approximate surface area is 126 Å². The number of urea groups is 1. The first kappa shape index (κ1) is 15.6. The lowest BCUT2D eigenvalue weighted by atomic mass is 10.00. The van der Waals surface area contributed by atoms with Crippen LogP contribution in [0.4, 0.5) is 4.79 Å². The molecule has 1 aromatic rings. The molecule has 1 aliphatic rings. The molecule has 0 saturated heterocycles. The molecular weight excluding hydrogens is 268 g/mol. The van der Waals surface area contributed by atoms with Crippen LogP contribution in [0.2, 0.25) is 0 Å². The molecule has 2 atom stereocenters. The van der Waals surface area contributed by atoms with E-state index in [4.69, 9.17) is 9.47 Å². The van der Waals surface area contributed by atoms with Gasteiger partial charge in [0.25, 0.3) is 0 Å². The Morgan fingerprint density at radius 2 is 2.19 bits per heavy atom. The Kier molecular flexibility index (Phi) is 4.73. The lowest BCUT2D eigenvalue weighted by Gasteiger charge is -2.27. The Morgan fingerprint density at radius 1 is 1.48 bits per heavy atom. The first-order chi connectivity index (χ1) is 9.91. The van der Waals surface area contributed by atoms with Crippen molar-refractivity contribution in [3.8, 4) is 5.75 Å². The third kappa shape index (κ3) is 4.11. The highest BCUT2D eigenvalue weighted by atomic mass is 16.5. The van der Waals surface area contributed by atoms with Crippen molar-refractivity contribution >= 4 is 6.03 Å². The third-order valence-electron chi connectivity index (χ3n) is 3.73. The highest BCUT2D eigenvalue weighted by Gasteiger charge is 2.26. The number of rotatable bonds is 5. The number of nitrogens with one attached hydrogen (secondary N) is 2. The SMILES string of the molecule is COC(C)(C)C[C@@H](C)NC(=O)N[C@H]1COc2ccccc21. The maximum absolute atomic E-state index is 12.1. The largest absolute Gasteiger partial charge is 0.491 e. The van der Waals surface area contributed by atoms with Crippen molar-refractivity contribution < 1.29 is 14.3 Å². The van der Waals surface area contributed by atoms with E-state index >= 15 is 0 Å². The molecule has 21 heavy (non-hydrogen) atoms. The van der Waals surface area contributed by atoms with Gasteiger partial charge in [-0.15, -0.1) is 0 Å². The van der Waals surface area contributed by atoms with E-state index in [1.54, 1.807) is 7.11 Å². The van der Waals surface area contributed by atoms with Crippen LogP contribution in [-0.4, -0.2) is 31.4 Å². The highest BCUT2D eigenvalue weighted by Crippen LogP contribution is 2.31. The van der Waals surface area contributed by atoms with Crippen molar-refractivity contribution in [3.05, 3.63) is 29.8 Å². The molecule has 5 nitrogen and oxygen atoms in total. The third-order valence-corrected chi connectivity index (χ3v) is 3.73. The molecule has 116 valence electrons. The fraction of sp³-hybridized carbons (Fsp3) is 0.562. The van der Waals surface area contributed by atoms with Crippen LogP contribution < -0.4 is 15.4 Å². The van der Waals surface area contributed by atoms with E-state index in [0.29, 0.717) is 6.61 Å². The summed E-state index contributed by atoms with van der Waals surface area (Å²) in [6, 6.07) is 7.52. The van der Waals surface area contributed by atoms with Gasteiger partial charge in [0.1, 0.15) is 12.4 Å². The molecule has 0 radical (unpaired) electrons. The second kappa shape index (κ2) is 6.35. The molecule has 0 fully saturated rings. The zero-order valence-electron chi connectivity index (χ0n) is 13.1. The van der Waals surface area contributed by atoms with E-state index in [1.165, 1.54) is 0 Å². The number of hydrogen-bond acceptors (Lipinski definition) is 3. The summed E-state index contributed by atoms with van der Waals surface area (Å²) < 4.78 is 10.9. The summed E-state index contributed by atoms with van der Waals surface area (Å²) in [4.78, 5) is 12.1. The molecule has 2 amide bonds.